The standard InChI is InChI=1S/C17H16INO4/c18-14-9-5-4-8-13(14)10-15(16(20)21)19-17(22)23-11-12-6-2-1-3-7-12/h1-9,15H,10-11H2,(H,19,22)(H,20,21)/t15-/m1/s1. The molecule has 2 N–H and O–H groups in total. The molecule has 0 saturated heterocycles. The topological polar surface area (TPSA) is 75.6 Å². The van der Waals surface area contributed by atoms with E-state index in [1.807, 2.05) is 54.6 Å². The maximum atomic E-state index is 11.8. The Morgan fingerprint density at radius 2 is 1.74 bits per heavy atom. The van der Waals surface area contributed by atoms with Crippen LogP contribution in [0, 0.1) is 3.57 Å². The van der Waals surface area contributed by atoms with Gasteiger partial charge in [-0.2, -0.15) is 0 Å². The number of alkyl carbamates (subject to hydrolysis) is 1. The molecule has 0 bridgehead atoms. The Hall–Kier alpha value is -2.09. The van der Waals surface area contributed by atoms with Crippen LogP contribution < -0.4 is 5.32 Å². The number of ether oxygens (including phenoxy) is 1. The minimum atomic E-state index is -1.10. The van der Waals surface area contributed by atoms with Gasteiger partial charge in [-0.15, -0.1) is 0 Å². The number of benzene rings is 2. The summed E-state index contributed by atoms with van der Waals surface area (Å²) in [5.74, 6) is -1.10. The first-order chi connectivity index (χ1) is 11.1. The minimum Gasteiger partial charge on any atom is -0.480 e. The van der Waals surface area contributed by atoms with Crippen LogP contribution in [0.5, 0.6) is 0 Å². The van der Waals surface area contributed by atoms with E-state index in [0.29, 0.717) is 0 Å². The first kappa shape index (κ1) is 17.3. The van der Waals surface area contributed by atoms with Gasteiger partial charge in [0, 0.05) is 9.99 Å². The van der Waals surface area contributed by atoms with Crippen LogP contribution in [0.3, 0.4) is 0 Å². The number of carbonyl (C=O) groups excluding carboxylic acids is 1. The predicted octanol–water partition coefficient (Wildman–Crippen LogP) is 3.21. The Bertz CT molecular complexity index is 675. The second-order valence-electron chi connectivity index (χ2n) is 4.89. The lowest BCUT2D eigenvalue weighted by Crippen LogP contribution is -2.42. The lowest BCUT2D eigenvalue weighted by Gasteiger charge is -2.15. The van der Waals surface area contributed by atoms with Crippen molar-refractivity contribution < 1.29 is 19.4 Å². The van der Waals surface area contributed by atoms with Crippen LogP contribution in [0.4, 0.5) is 4.79 Å². The first-order valence-corrected chi connectivity index (χ1v) is 8.07. The lowest BCUT2D eigenvalue weighted by molar-refractivity contribution is -0.139. The number of hydrogen-bond donors (Lipinski definition) is 2. The third-order valence-corrected chi connectivity index (χ3v) is 4.24. The van der Waals surface area contributed by atoms with E-state index >= 15 is 0 Å². The Kier molecular flexibility index (Phi) is 6.40. The highest BCUT2D eigenvalue weighted by Crippen LogP contribution is 2.14. The average molecular weight is 425 g/mol. The molecule has 120 valence electrons. The van der Waals surface area contributed by atoms with Gasteiger partial charge in [-0.25, -0.2) is 9.59 Å². The van der Waals surface area contributed by atoms with E-state index in [0.717, 1.165) is 14.7 Å². The smallest absolute Gasteiger partial charge is 0.408 e. The molecule has 2 rings (SSSR count). The molecule has 0 unspecified atom stereocenters. The zero-order chi connectivity index (χ0) is 16.7. The summed E-state index contributed by atoms with van der Waals surface area (Å²) in [6, 6.07) is 15.6. The van der Waals surface area contributed by atoms with Crippen molar-refractivity contribution in [2.45, 2.75) is 19.1 Å². The van der Waals surface area contributed by atoms with Crippen LogP contribution >= 0.6 is 22.6 Å². The maximum Gasteiger partial charge on any atom is 0.408 e. The molecule has 1 amide bonds. The van der Waals surface area contributed by atoms with Crippen LogP contribution in [0.15, 0.2) is 54.6 Å². The van der Waals surface area contributed by atoms with Crippen molar-refractivity contribution in [3.63, 3.8) is 0 Å². The second kappa shape index (κ2) is 8.52. The number of hydrogen-bond acceptors (Lipinski definition) is 3. The number of rotatable bonds is 6. The summed E-state index contributed by atoms with van der Waals surface area (Å²) in [5, 5.41) is 11.7. The molecule has 1 atom stereocenters. The number of carbonyl (C=O) groups is 2. The van der Waals surface area contributed by atoms with E-state index in [4.69, 9.17) is 4.74 Å². The third-order valence-electron chi connectivity index (χ3n) is 3.18. The lowest BCUT2D eigenvalue weighted by atomic mass is 10.1. The van der Waals surface area contributed by atoms with E-state index in [9.17, 15) is 14.7 Å². The Balaban J connectivity index is 1.92. The summed E-state index contributed by atoms with van der Waals surface area (Å²) in [5.41, 5.74) is 1.70. The molecule has 0 spiro atoms. The fourth-order valence-corrected chi connectivity index (χ4v) is 2.60. The van der Waals surface area contributed by atoms with Gasteiger partial charge in [0.15, 0.2) is 0 Å². The van der Waals surface area contributed by atoms with E-state index in [2.05, 4.69) is 27.9 Å². The summed E-state index contributed by atoms with van der Waals surface area (Å²) in [6.45, 7) is 0.0991. The van der Waals surface area contributed by atoms with Crippen molar-refractivity contribution >= 4 is 34.7 Å². The van der Waals surface area contributed by atoms with Crippen LogP contribution in [-0.4, -0.2) is 23.2 Å². The maximum absolute atomic E-state index is 11.8. The van der Waals surface area contributed by atoms with Crippen LogP contribution in [0.2, 0.25) is 0 Å². The normalized spacial score (nSPS) is 11.5. The molecule has 5 nitrogen and oxygen atoms in total. The molecular formula is C17H16INO4. The van der Waals surface area contributed by atoms with Gasteiger partial charge < -0.3 is 15.2 Å². The number of aliphatic carboxylic acids is 1. The van der Waals surface area contributed by atoms with Crippen molar-refractivity contribution in [1.82, 2.24) is 5.32 Å². The highest BCUT2D eigenvalue weighted by molar-refractivity contribution is 14.1. The quantitative estimate of drug-likeness (QED) is 0.698. The summed E-state index contributed by atoms with van der Waals surface area (Å²) >= 11 is 2.14. The molecule has 0 aliphatic heterocycles. The zero-order valence-electron chi connectivity index (χ0n) is 12.2. The molecule has 2 aromatic carbocycles. The van der Waals surface area contributed by atoms with Gasteiger partial charge in [-0.3, -0.25) is 0 Å². The van der Waals surface area contributed by atoms with Gasteiger partial charge in [0.2, 0.25) is 0 Å². The summed E-state index contributed by atoms with van der Waals surface area (Å²) in [7, 11) is 0. The van der Waals surface area contributed by atoms with Crippen molar-refractivity contribution in [3.05, 3.63) is 69.3 Å². The molecule has 2 aromatic rings. The number of nitrogens with one attached hydrogen (secondary N) is 1. The zero-order valence-corrected chi connectivity index (χ0v) is 14.4. The van der Waals surface area contributed by atoms with E-state index < -0.39 is 18.1 Å². The van der Waals surface area contributed by atoms with Crippen LogP contribution in [-0.2, 0) is 22.6 Å². The van der Waals surface area contributed by atoms with Crippen molar-refractivity contribution in [3.8, 4) is 0 Å². The summed E-state index contributed by atoms with van der Waals surface area (Å²) in [6.07, 6.45) is -0.540. The first-order valence-electron chi connectivity index (χ1n) is 6.99. The molecule has 0 aromatic heterocycles. The van der Waals surface area contributed by atoms with E-state index in [-0.39, 0.29) is 13.0 Å². The number of carboxylic acids is 1. The Morgan fingerprint density at radius 3 is 2.39 bits per heavy atom. The Morgan fingerprint density at radius 1 is 1.09 bits per heavy atom. The van der Waals surface area contributed by atoms with E-state index in [1.54, 1.807) is 0 Å². The second-order valence-corrected chi connectivity index (χ2v) is 6.05. The molecule has 0 aliphatic rings. The van der Waals surface area contributed by atoms with Crippen molar-refractivity contribution in [2.75, 3.05) is 0 Å². The molecule has 0 aliphatic carbocycles. The molecule has 0 radical (unpaired) electrons. The molecule has 0 saturated carbocycles. The van der Waals surface area contributed by atoms with Crippen molar-refractivity contribution in [2.24, 2.45) is 0 Å². The minimum absolute atomic E-state index is 0.0991. The predicted molar refractivity (Wildman–Crippen MR) is 94.0 cm³/mol. The summed E-state index contributed by atoms with van der Waals surface area (Å²) < 4.78 is 6.02. The number of carboxylic acid groups (broad SMARTS) is 1. The monoisotopic (exact) mass is 425 g/mol. The highest BCUT2D eigenvalue weighted by Gasteiger charge is 2.22. The summed E-state index contributed by atoms with van der Waals surface area (Å²) in [4.78, 5) is 23.2. The van der Waals surface area contributed by atoms with Crippen LogP contribution in [0.1, 0.15) is 11.1 Å². The van der Waals surface area contributed by atoms with Gasteiger partial charge in [0.05, 0.1) is 0 Å². The van der Waals surface area contributed by atoms with Crippen molar-refractivity contribution in [1.29, 1.82) is 0 Å². The fraction of sp³-hybridized carbons (Fsp3) is 0.176. The molecule has 0 heterocycles. The molecule has 6 heteroatoms. The molecule has 0 fully saturated rings. The average Bonchev–Trinajstić information content (AvgIpc) is 2.55. The largest absolute Gasteiger partial charge is 0.480 e. The fourth-order valence-electron chi connectivity index (χ4n) is 1.99. The molecule has 23 heavy (non-hydrogen) atoms. The Labute approximate surface area is 147 Å². The van der Waals surface area contributed by atoms with Crippen LogP contribution in [0.25, 0.3) is 0 Å². The number of halogens is 1. The van der Waals surface area contributed by atoms with Gasteiger partial charge in [0.25, 0.3) is 0 Å². The molecular weight excluding hydrogens is 409 g/mol. The number of amides is 1. The van der Waals surface area contributed by atoms with Gasteiger partial charge in [-0.05, 0) is 39.8 Å². The van der Waals surface area contributed by atoms with Gasteiger partial charge >= 0.3 is 12.1 Å². The van der Waals surface area contributed by atoms with Gasteiger partial charge in [0.1, 0.15) is 12.6 Å². The SMILES string of the molecule is O=C(N[C@H](Cc1ccccc1I)C(=O)O)OCc1ccccc1. The van der Waals surface area contributed by atoms with E-state index in [1.165, 1.54) is 0 Å². The highest BCUT2D eigenvalue weighted by atomic mass is 127. The van der Waals surface area contributed by atoms with Gasteiger partial charge in [-0.1, -0.05) is 48.5 Å². The third kappa shape index (κ3) is 5.55.